The van der Waals surface area contributed by atoms with Crippen LogP contribution in [-0.4, -0.2) is 52.7 Å². The lowest BCUT2D eigenvalue weighted by atomic mass is 9.88. The molecule has 2 N–H and O–H groups in total. The summed E-state index contributed by atoms with van der Waals surface area (Å²) in [6, 6.07) is 5.97. The lowest BCUT2D eigenvalue weighted by Gasteiger charge is -2.39. The maximum atomic E-state index is 14.8. The molecule has 8 nitrogen and oxygen atoms in total. The molecule has 3 aromatic rings. The zero-order valence-electron chi connectivity index (χ0n) is 21.6. The smallest absolute Gasteiger partial charge is 0.226 e. The quantitative estimate of drug-likeness (QED) is 0.518. The molecular weight excluding hydrogens is 474 g/mol. The third-order valence-corrected chi connectivity index (χ3v) is 8.06. The fraction of sp³-hybridized carbons (Fsp3) is 0.481. The Kier molecular flexibility index (Phi) is 5.65. The molecule has 1 saturated carbocycles. The molecule has 10 heteroatoms. The number of anilines is 5. The van der Waals surface area contributed by atoms with Gasteiger partial charge in [-0.05, 0) is 43.7 Å². The maximum absolute atomic E-state index is 14.8. The molecule has 0 radical (unpaired) electrons. The predicted octanol–water partition coefficient (Wildman–Crippen LogP) is 4.65. The summed E-state index contributed by atoms with van der Waals surface area (Å²) in [6.45, 7) is 8.51. The van der Waals surface area contributed by atoms with E-state index in [9.17, 15) is 8.78 Å². The Morgan fingerprint density at radius 2 is 1.78 bits per heavy atom. The van der Waals surface area contributed by atoms with Gasteiger partial charge in [-0.25, -0.2) is 18.7 Å². The minimum Gasteiger partial charge on any atom is -0.373 e. The number of nitrogens with zero attached hydrogens (tertiary/aromatic N) is 6. The van der Waals surface area contributed by atoms with E-state index in [0.29, 0.717) is 35.8 Å². The summed E-state index contributed by atoms with van der Waals surface area (Å²) in [5.41, 5.74) is 1.89. The van der Waals surface area contributed by atoms with Gasteiger partial charge < -0.3 is 20.4 Å². The van der Waals surface area contributed by atoms with Crippen molar-refractivity contribution in [1.82, 2.24) is 19.9 Å². The molecule has 6 rings (SSSR count). The Morgan fingerprint density at radius 3 is 2.46 bits per heavy atom. The van der Waals surface area contributed by atoms with Gasteiger partial charge in [-0.1, -0.05) is 13.8 Å². The van der Waals surface area contributed by atoms with Crippen LogP contribution in [0.25, 0.3) is 0 Å². The van der Waals surface area contributed by atoms with Gasteiger partial charge in [0.25, 0.3) is 0 Å². The maximum Gasteiger partial charge on any atom is 0.226 e. The molecule has 3 aliphatic rings. The van der Waals surface area contributed by atoms with Gasteiger partial charge in [0.05, 0.1) is 5.69 Å². The normalized spacial score (nSPS) is 23.8. The van der Waals surface area contributed by atoms with Gasteiger partial charge in [-0.2, -0.15) is 9.97 Å². The zero-order chi connectivity index (χ0) is 25.9. The van der Waals surface area contributed by atoms with Crippen LogP contribution in [-0.2, 0) is 5.41 Å². The number of nitrogens with one attached hydrogen (secondary N) is 2. The molecule has 2 fully saturated rings. The molecule has 2 aliphatic heterocycles. The predicted molar refractivity (Wildman–Crippen MR) is 141 cm³/mol. The molecule has 0 unspecified atom stereocenters. The van der Waals surface area contributed by atoms with E-state index in [1.165, 1.54) is 12.1 Å². The molecule has 0 amide bonds. The first-order valence-electron chi connectivity index (χ1n) is 12.9. The average Bonchev–Trinajstić information content (AvgIpc) is 3.24. The van der Waals surface area contributed by atoms with Gasteiger partial charge in [0.2, 0.25) is 5.95 Å². The van der Waals surface area contributed by atoms with Gasteiger partial charge in [0.1, 0.15) is 35.4 Å². The highest BCUT2D eigenvalue weighted by Gasteiger charge is 2.44. The number of hydrogen-bond donors (Lipinski definition) is 2. The fourth-order valence-electron chi connectivity index (χ4n) is 6.37. The number of aryl methyl sites for hydroxylation is 1. The Labute approximate surface area is 215 Å². The number of halogens is 2. The summed E-state index contributed by atoms with van der Waals surface area (Å²) in [5, 5.41) is 6.89. The number of benzene rings is 1. The molecular formula is C27H32F2N8. The van der Waals surface area contributed by atoms with Crippen molar-refractivity contribution in [2.75, 3.05) is 47.1 Å². The summed E-state index contributed by atoms with van der Waals surface area (Å²) >= 11 is 0. The number of fused-ring (bicyclic) bond motifs is 3. The first-order chi connectivity index (χ1) is 17.7. The highest BCUT2D eigenvalue weighted by molar-refractivity contribution is 5.76. The molecule has 37 heavy (non-hydrogen) atoms. The fourth-order valence-corrected chi connectivity index (χ4v) is 6.37. The van der Waals surface area contributed by atoms with Gasteiger partial charge >= 0.3 is 0 Å². The summed E-state index contributed by atoms with van der Waals surface area (Å²) < 4.78 is 28.5. The molecule has 1 aromatic carbocycles. The van der Waals surface area contributed by atoms with E-state index in [0.717, 1.165) is 54.9 Å². The second kappa shape index (κ2) is 8.78. The lowest BCUT2D eigenvalue weighted by molar-refractivity contribution is 0.375. The van der Waals surface area contributed by atoms with E-state index in [-0.39, 0.29) is 11.5 Å². The molecule has 4 heterocycles. The SMILES string of the molecule is CNc1nc(N[C@H]2[C@@H]3CC[C@H]2CN(c2cc(C)ncn2)C3)nc2c1C(C)(C)CN2c1ccc(F)cc1F. The molecule has 2 aromatic heterocycles. The van der Waals surface area contributed by atoms with E-state index < -0.39 is 11.6 Å². The number of hydrogen-bond acceptors (Lipinski definition) is 8. The molecule has 1 saturated heterocycles. The molecule has 0 spiro atoms. The second-order valence-corrected chi connectivity index (χ2v) is 11.1. The van der Waals surface area contributed by atoms with Crippen LogP contribution in [0.2, 0.25) is 0 Å². The van der Waals surface area contributed by atoms with Crippen LogP contribution in [0.4, 0.5) is 37.9 Å². The third kappa shape index (κ3) is 4.12. The van der Waals surface area contributed by atoms with E-state index in [1.54, 1.807) is 6.33 Å². The molecule has 194 valence electrons. The minimum absolute atomic E-state index is 0.243. The number of aromatic nitrogens is 4. The first-order valence-corrected chi connectivity index (χ1v) is 12.9. The van der Waals surface area contributed by atoms with Crippen LogP contribution in [0.1, 0.15) is 37.9 Å². The second-order valence-electron chi connectivity index (χ2n) is 11.1. The van der Waals surface area contributed by atoms with E-state index >= 15 is 0 Å². The number of piperidine rings is 1. The number of rotatable bonds is 5. The van der Waals surface area contributed by atoms with Crippen LogP contribution in [0.15, 0.2) is 30.6 Å². The van der Waals surface area contributed by atoms with Crippen molar-refractivity contribution in [2.45, 2.75) is 45.1 Å². The van der Waals surface area contributed by atoms with E-state index in [4.69, 9.17) is 9.97 Å². The van der Waals surface area contributed by atoms with Crippen molar-refractivity contribution >= 4 is 29.1 Å². The monoisotopic (exact) mass is 506 g/mol. The zero-order valence-corrected chi connectivity index (χ0v) is 21.6. The average molecular weight is 507 g/mol. The Hall–Kier alpha value is -3.56. The molecule has 2 bridgehead atoms. The van der Waals surface area contributed by atoms with Gasteiger partial charge in [0, 0.05) is 61.5 Å². The van der Waals surface area contributed by atoms with Gasteiger partial charge in [0.15, 0.2) is 0 Å². The third-order valence-electron chi connectivity index (χ3n) is 8.06. The first kappa shape index (κ1) is 23.8. The molecule has 1 aliphatic carbocycles. The van der Waals surface area contributed by atoms with Crippen LogP contribution < -0.4 is 20.4 Å². The van der Waals surface area contributed by atoms with Crippen molar-refractivity contribution in [2.24, 2.45) is 11.8 Å². The van der Waals surface area contributed by atoms with Gasteiger partial charge in [-0.3, -0.25) is 0 Å². The highest BCUT2D eigenvalue weighted by atomic mass is 19.1. The van der Waals surface area contributed by atoms with Gasteiger partial charge in [-0.15, -0.1) is 0 Å². The van der Waals surface area contributed by atoms with Crippen molar-refractivity contribution in [3.05, 3.63) is 53.5 Å². The van der Waals surface area contributed by atoms with Crippen LogP contribution in [0, 0.1) is 30.4 Å². The Balaban J connectivity index is 1.31. The topological polar surface area (TPSA) is 82.1 Å². The molecule has 3 atom stereocenters. The summed E-state index contributed by atoms with van der Waals surface area (Å²) in [4.78, 5) is 22.7. The summed E-state index contributed by atoms with van der Waals surface area (Å²) in [7, 11) is 1.84. The largest absolute Gasteiger partial charge is 0.373 e. The van der Waals surface area contributed by atoms with Crippen LogP contribution in [0.3, 0.4) is 0 Å². The van der Waals surface area contributed by atoms with E-state index in [2.05, 4.69) is 39.3 Å². The highest BCUT2D eigenvalue weighted by Crippen LogP contribution is 2.47. The lowest BCUT2D eigenvalue weighted by Crippen LogP contribution is -2.48. The van der Waals surface area contributed by atoms with Crippen LogP contribution >= 0.6 is 0 Å². The van der Waals surface area contributed by atoms with Crippen molar-refractivity contribution in [3.8, 4) is 0 Å². The van der Waals surface area contributed by atoms with Crippen molar-refractivity contribution in [3.63, 3.8) is 0 Å². The van der Waals surface area contributed by atoms with Crippen LogP contribution in [0.5, 0.6) is 0 Å². The van der Waals surface area contributed by atoms with E-state index in [1.807, 2.05) is 24.9 Å². The van der Waals surface area contributed by atoms with Crippen molar-refractivity contribution in [1.29, 1.82) is 0 Å². The summed E-state index contributed by atoms with van der Waals surface area (Å²) in [6.07, 6.45) is 3.89. The summed E-state index contributed by atoms with van der Waals surface area (Å²) in [5.74, 6) is 2.56. The Morgan fingerprint density at radius 1 is 1.03 bits per heavy atom. The Bertz CT molecular complexity index is 1330. The minimum atomic E-state index is -0.604. The van der Waals surface area contributed by atoms with Crippen molar-refractivity contribution < 1.29 is 8.78 Å². The standard InChI is InChI=1S/C27H32F2N8/c1-15-9-21(32-14-31-15)36-11-16-5-6-17(12-36)23(16)33-26-34-24(30-4)22-25(35-26)37(13-27(22,2)3)20-8-7-18(28)10-19(20)29/h7-10,14,16-17,23H,5-6,11-13H2,1-4H3,(H2,30,33,34,35)/t16-,17+,23+.